The molecule has 0 aliphatic carbocycles. The Morgan fingerprint density at radius 1 is 0.505 bits per heavy atom. The van der Waals surface area contributed by atoms with Gasteiger partial charge >= 0.3 is 11.9 Å². The van der Waals surface area contributed by atoms with Crippen LogP contribution >= 0.6 is 12.6 Å². The van der Waals surface area contributed by atoms with E-state index in [4.69, 9.17) is 22.3 Å². The van der Waals surface area contributed by atoms with Gasteiger partial charge in [0.2, 0.25) is 76.8 Å². The number of likely N-dealkylation sites (tertiary alicyclic amines) is 2. The molecule has 0 aromatic rings. The Balaban J connectivity index is 2.21. The number of aliphatic carboxylic acids is 2. The van der Waals surface area contributed by atoms with Gasteiger partial charge in [-0.15, -0.1) is 0 Å². The molecule has 2 rings (SSSR count). The summed E-state index contributed by atoms with van der Waals surface area (Å²) in [6.07, 6.45) is -3.30. The number of rotatable bonds is 38. The minimum absolute atomic E-state index is 0.0135. The van der Waals surface area contributed by atoms with Crippen LogP contribution in [-0.4, -0.2) is 247 Å². The van der Waals surface area contributed by atoms with Crippen molar-refractivity contribution >= 4 is 101 Å². The molecular formula is C55H93N15O20S. The quantitative estimate of drug-likeness (QED) is 0.0202. The third-order valence-electron chi connectivity index (χ3n) is 15.0. The first-order valence-corrected chi connectivity index (χ1v) is 30.6. The zero-order valence-electron chi connectivity index (χ0n) is 52.4. The van der Waals surface area contributed by atoms with Gasteiger partial charge in [-0.1, -0.05) is 34.1 Å². The van der Waals surface area contributed by atoms with E-state index in [-0.39, 0.29) is 50.9 Å². The molecule has 0 radical (unpaired) electrons. The number of thiol groups is 1. The molecular weight excluding hydrogens is 1220 g/mol. The number of primary amides is 1. The van der Waals surface area contributed by atoms with Gasteiger partial charge < -0.3 is 106 Å². The molecule has 2 heterocycles. The summed E-state index contributed by atoms with van der Waals surface area (Å²) in [5.74, 6) is -17.1. The summed E-state index contributed by atoms with van der Waals surface area (Å²) in [6, 6.07) is -19.2. The second-order valence-electron chi connectivity index (χ2n) is 23.2. The first-order chi connectivity index (χ1) is 42.5. The van der Waals surface area contributed by atoms with Gasteiger partial charge in [-0.3, -0.25) is 71.9 Å². The van der Waals surface area contributed by atoms with Gasteiger partial charge in [0, 0.05) is 25.3 Å². The topological polar surface area (TPSA) is 562 Å². The lowest BCUT2D eigenvalue weighted by Crippen LogP contribution is -2.63. The van der Waals surface area contributed by atoms with E-state index >= 15 is 0 Å². The second kappa shape index (κ2) is 38.1. The smallest absolute Gasteiger partial charge is 0.325 e. The zero-order valence-corrected chi connectivity index (χ0v) is 53.2. The van der Waals surface area contributed by atoms with E-state index in [0.717, 1.165) is 9.80 Å². The lowest BCUT2D eigenvalue weighted by molar-refractivity contribution is -0.145. The third-order valence-corrected chi connectivity index (χ3v) is 15.4. The number of carboxylic acid groups (broad SMARTS) is 2. The zero-order chi connectivity index (χ0) is 69.3. The highest BCUT2D eigenvalue weighted by atomic mass is 32.1. The molecule has 514 valence electrons. The lowest BCUT2D eigenvalue weighted by atomic mass is 10.0. The summed E-state index contributed by atoms with van der Waals surface area (Å²) in [5, 5.41) is 73.6. The van der Waals surface area contributed by atoms with Gasteiger partial charge in [-0.2, -0.15) is 12.6 Å². The van der Waals surface area contributed by atoms with Crippen LogP contribution < -0.4 is 70.4 Å². The predicted octanol–water partition coefficient (Wildman–Crippen LogP) is -7.87. The Morgan fingerprint density at radius 2 is 0.956 bits per heavy atom. The van der Waals surface area contributed by atoms with Crippen LogP contribution in [0.25, 0.3) is 0 Å². The summed E-state index contributed by atoms with van der Waals surface area (Å²) in [5.41, 5.74) is 16.8. The van der Waals surface area contributed by atoms with Crippen LogP contribution in [-0.2, 0) is 71.9 Å². The van der Waals surface area contributed by atoms with Gasteiger partial charge in [-0.25, -0.2) is 0 Å². The Hall–Kier alpha value is -7.80. The van der Waals surface area contributed by atoms with Crippen molar-refractivity contribution in [3.05, 3.63) is 0 Å². The van der Waals surface area contributed by atoms with Gasteiger partial charge in [0.15, 0.2) is 0 Å². The number of nitrogens with zero attached hydrogens (tertiary/aromatic N) is 2. The van der Waals surface area contributed by atoms with E-state index in [1.807, 2.05) is 0 Å². The number of hydrogen-bond donors (Lipinski definition) is 19. The maximum atomic E-state index is 14.2. The molecule has 36 heteroatoms. The monoisotopic (exact) mass is 1320 g/mol. The van der Waals surface area contributed by atoms with Crippen molar-refractivity contribution in [3.8, 4) is 0 Å². The molecule has 2 saturated heterocycles. The summed E-state index contributed by atoms with van der Waals surface area (Å²) in [7, 11) is 0. The minimum Gasteiger partial charge on any atom is -0.481 e. The number of aliphatic hydroxyl groups is 3. The molecule has 35 nitrogen and oxygen atoms in total. The normalized spacial score (nSPS) is 18.9. The average Bonchev–Trinajstić information content (AvgIpc) is 2.43. The fraction of sp³-hybridized carbons (Fsp3) is 0.727. The molecule has 0 saturated carbocycles. The highest BCUT2D eigenvalue weighted by Crippen LogP contribution is 2.22. The number of carbonyl (C=O) groups excluding carboxylic acids is 13. The Labute approximate surface area is 531 Å². The second-order valence-corrected chi connectivity index (χ2v) is 23.6. The van der Waals surface area contributed by atoms with Gasteiger partial charge in [-0.05, 0) is 91.0 Å². The molecule has 2 aliphatic heterocycles. The van der Waals surface area contributed by atoms with Gasteiger partial charge in [0.05, 0.1) is 31.3 Å². The first kappa shape index (κ1) is 79.3. The summed E-state index contributed by atoms with van der Waals surface area (Å²) < 4.78 is 0. The van der Waals surface area contributed by atoms with Crippen LogP contribution in [0.15, 0.2) is 0 Å². The SMILES string of the molecule is CC(C)[C@H](NC(=O)[C@H](CS)NC(=O)[C@@H]1CCCN1C(=O)[C@H](CO)NC(=O)[C@H](CC(N)=O)NC(=O)[C@H](CCC(=O)O)NC(=O)[C@@H](N)CCCCN)C(=O)N[C@H](C(=O)N1CCC[C@H]1C(=O)N[C@H](C(=O)N[C@@H](C)C(=O)N[C@H](C(=O)N[C@@H](C)C(=O)O)[C@@H](C)O)C(C)C)[C@@H](C)O. The Kier molecular flexibility index (Phi) is 33.2. The van der Waals surface area contributed by atoms with Crippen LogP contribution in [0.1, 0.15) is 120 Å². The molecule has 0 aromatic heterocycles. The number of hydrogen-bond acceptors (Lipinski definition) is 21. The molecule has 0 spiro atoms. The summed E-state index contributed by atoms with van der Waals surface area (Å²) in [6.45, 7) is 10.1. The van der Waals surface area contributed by atoms with Crippen LogP contribution in [0.2, 0.25) is 0 Å². The average molecular weight is 1320 g/mol. The number of amides is 13. The molecule has 0 bridgehead atoms. The van der Waals surface area contributed by atoms with Gasteiger partial charge in [0.1, 0.15) is 72.5 Å². The number of nitrogens with two attached hydrogens (primary N) is 3. The summed E-state index contributed by atoms with van der Waals surface area (Å²) in [4.78, 5) is 200. The molecule has 2 fully saturated rings. The van der Waals surface area contributed by atoms with E-state index < -0.39 is 217 Å². The maximum absolute atomic E-state index is 14.2. The van der Waals surface area contributed by atoms with Crippen molar-refractivity contribution < 1.29 is 97.5 Å². The first-order valence-electron chi connectivity index (χ1n) is 29.9. The van der Waals surface area contributed by atoms with Crippen molar-refractivity contribution in [1.82, 2.24) is 63.0 Å². The minimum atomic E-state index is -1.84. The standard InChI is InChI=1S/C55H93N15O20S/c1-24(2)39(50(84)59-26(5)43(77)67-41(28(7)72)52(86)60-27(6)55(89)90)66-49(83)36-15-12-20-70(36)54(88)42(29(8)73)68-51(85)40(25(3)4)65-47(81)34(23-91)64-48(82)35-14-11-19-69(35)53(87)33(22-71)63-46(80)32(21-37(58)74)62-45(79)31(16-17-38(75)76)61-44(78)30(57)13-9-10-18-56/h24-36,39-42,71-73,91H,9-23,56-57H2,1-8H3,(H2,58,74)(H,59,84)(H,60,86)(H,61,78)(H,62,79)(H,63,80)(H,64,82)(H,65,81)(H,66,83)(H,67,77)(H,68,85)(H,75,76)(H,89,90)/t26-,27-,28+,29+,30-,31-,32-,33-,34-,35-,36-,39-,40-,41-,42-/m0/s1. The van der Waals surface area contributed by atoms with Crippen molar-refractivity contribution in [2.24, 2.45) is 29.0 Å². The Bertz CT molecular complexity index is 2620. The number of carbonyl (C=O) groups is 15. The lowest BCUT2D eigenvalue weighted by Gasteiger charge is -2.33. The fourth-order valence-corrected chi connectivity index (χ4v) is 9.92. The van der Waals surface area contributed by atoms with E-state index in [1.54, 1.807) is 13.8 Å². The van der Waals surface area contributed by atoms with E-state index in [9.17, 15) is 92.3 Å². The number of nitrogens with one attached hydrogen (secondary N) is 10. The predicted molar refractivity (Wildman–Crippen MR) is 323 cm³/mol. The van der Waals surface area contributed by atoms with Crippen LogP contribution in [0.5, 0.6) is 0 Å². The van der Waals surface area contributed by atoms with Gasteiger partial charge in [0.25, 0.3) is 0 Å². The van der Waals surface area contributed by atoms with Crippen molar-refractivity contribution in [3.63, 3.8) is 0 Å². The maximum Gasteiger partial charge on any atom is 0.325 e. The highest BCUT2D eigenvalue weighted by molar-refractivity contribution is 7.80. The van der Waals surface area contributed by atoms with Crippen molar-refractivity contribution in [2.45, 2.75) is 210 Å². The Morgan fingerprint density at radius 3 is 1.45 bits per heavy atom. The van der Waals surface area contributed by atoms with Crippen LogP contribution in [0.3, 0.4) is 0 Å². The molecule has 13 amide bonds. The summed E-state index contributed by atoms with van der Waals surface area (Å²) >= 11 is 4.23. The third kappa shape index (κ3) is 24.7. The molecule has 0 aromatic carbocycles. The molecule has 21 N–H and O–H groups in total. The number of carboxylic acids is 2. The van der Waals surface area contributed by atoms with E-state index in [1.165, 1.54) is 41.5 Å². The fourth-order valence-electron chi connectivity index (χ4n) is 9.66. The van der Waals surface area contributed by atoms with E-state index in [0.29, 0.717) is 19.4 Å². The van der Waals surface area contributed by atoms with Crippen molar-refractivity contribution in [2.75, 3.05) is 32.0 Å². The molecule has 15 atom stereocenters. The van der Waals surface area contributed by atoms with E-state index in [2.05, 4.69) is 65.8 Å². The highest BCUT2D eigenvalue weighted by Gasteiger charge is 2.44. The number of unbranched alkanes of at least 4 members (excludes halogenated alkanes) is 1. The molecule has 2 aliphatic rings. The molecule has 91 heavy (non-hydrogen) atoms. The van der Waals surface area contributed by atoms with Crippen LogP contribution in [0.4, 0.5) is 0 Å². The van der Waals surface area contributed by atoms with Crippen LogP contribution in [0, 0.1) is 11.8 Å². The largest absolute Gasteiger partial charge is 0.481 e. The van der Waals surface area contributed by atoms with Crippen molar-refractivity contribution in [1.29, 1.82) is 0 Å². The number of aliphatic hydroxyl groups excluding tert-OH is 3. The molecule has 0 unspecified atom stereocenters.